The monoisotopic (exact) mass is 515 g/mol. The number of halogens is 1. The molecule has 5 N–H and O–H groups in total. The lowest BCUT2D eigenvalue weighted by atomic mass is 9.93. The van der Waals surface area contributed by atoms with Crippen LogP contribution in [0.25, 0.3) is 33.0 Å². The van der Waals surface area contributed by atoms with Crippen LogP contribution >= 0.6 is 0 Å². The molecule has 7 nitrogen and oxygen atoms in total. The second-order valence-electron chi connectivity index (χ2n) is 8.53. The van der Waals surface area contributed by atoms with E-state index in [-0.39, 0.29) is 0 Å². The van der Waals surface area contributed by atoms with Crippen molar-refractivity contribution in [1.82, 2.24) is 5.32 Å². The predicted octanol–water partition coefficient (Wildman–Crippen LogP) is 7.40. The number of carbonyl (C=O) groups is 2. The summed E-state index contributed by atoms with van der Waals surface area (Å²) < 4.78 is 14.3. The molecule has 0 radical (unpaired) electrons. The average molecular weight is 516 g/mol. The number of fused-ring (bicyclic) bond motifs is 1. The van der Waals surface area contributed by atoms with E-state index in [1.807, 2.05) is 61.5 Å². The molecular formula is C30H30FN3O4. The van der Waals surface area contributed by atoms with E-state index in [0.717, 1.165) is 50.6 Å². The van der Waals surface area contributed by atoms with E-state index in [1.54, 1.807) is 0 Å². The van der Waals surface area contributed by atoms with Gasteiger partial charge in [0.25, 0.3) is 0 Å². The number of alkyl halides is 1. The van der Waals surface area contributed by atoms with E-state index in [1.165, 1.54) is 6.34 Å². The second-order valence-corrected chi connectivity index (χ2v) is 8.53. The lowest BCUT2D eigenvalue weighted by Gasteiger charge is -2.12. The number of hydrogen-bond donors (Lipinski definition) is 4. The molecule has 4 rings (SSSR count). The number of aliphatic imine (C=N–C) groups is 1. The Morgan fingerprint density at radius 2 is 1.61 bits per heavy atom. The smallest absolute Gasteiger partial charge is 0.409 e. The Labute approximate surface area is 220 Å². The van der Waals surface area contributed by atoms with Gasteiger partial charge in [-0.1, -0.05) is 92.2 Å². The molecule has 0 saturated carbocycles. The first-order valence-corrected chi connectivity index (χ1v) is 12.1. The molecule has 2 amide bonds. The van der Waals surface area contributed by atoms with Gasteiger partial charge in [0.05, 0.1) is 12.9 Å². The minimum atomic E-state index is -1.33. The van der Waals surface area contributed by atoms with Gasteiger partial charge in [-0.25, -0.2) is 14.0 Å². The van der Waals surface area contributed by atoms with Gasteiger partial charge >= 0.3 is 12.2 Å². The zero-order valence-corrected chi connectivity index (χ0v) is 21.0. The van der Waals surface area contributed by atoms with Crippen LogP contribution < -0.4 is 11.1 Å². The summed E-state index contributed by atoms with van der Waals surface area (Å²) in [6.07, 6.45) is -0.826. The van der Waals surface area contributed by atoms with Crippen LogP contribution in [0.3, 0.4) is 0 Å². The Kier molecular flexibility index (Phi) is 9.93. The normalized spacial score (nSPS) is 11.5. The van der Waals surface area contributed by atoms with Crippen molar-refractivity contribution in [3.8, 4) is 22.3 Å². The van der Waals surface area contributed by atoms with Crippen LogP contribution in [0.5, 0.6) is 0 Å². The fourth-order valence-corrected chi connectivity index (χ4v) is 4.18. The summed E-state index contributed by atoms with van der Waals surface area (Å²) in [6.45, 7) is 2.36. The van der Waals surface area contributed by atoms with Crippen molar-refractivity contribution in [2.45, 2.75) is 32.5 Å². The molecule has 4 aromatic carbocycles. The van der Waals surface area contributed by atoms with Crippen LogP contribution in [-0.4, -0.2) is 28.7 Å². The summed E-state index contributed by atoms with van der Waals surface area (Å²) in [4.78, 5) is 23.6. The first-order chi connectivity index (χ1) is 18.3. The number of carboxylic acid groups (broad SMARTS) is 2. The molecule has 1 unspecified atom stereocenters. The Morgan fingerprint density at radius 1 is 0.947 bits per heavy atom. The maximum atomic E-state index is 14.3. The molecule has 0 heterocycles. The molecule has 38 heavy (non-hydrogen) atoms. The quantitative estimate of drug-likeness (QED) is 0.144. The van der Waals surface area contributed by atoms with Crippen LogP contribution in [0.4, 0.5) is 14.0 Å². The second kappa shape index (κ2) is 13.5. The van der Waals surface area contributed by atoms with Gasteiger partial charge in [0.15, 0.2) is 0 Å². The molecule has 0 aliphatic carbocycles. The lowest BCUT2D eigenvalue weighted by molar-refractivity contribution is 0.200. The molecule has 8 heteroatoms. The number of benzene rings is 4. The van der Waals surface area contributed by atoms with Gasteiger partial charge in [-0.3, -0.25) is 10.3 Å². The molecular weight excluding hydrogens is 485 g/mol. The number of nitrogens with one attached hydrogen (secondary N) is 1. The maximum Gasteiger partial charge on any atom is 0.409 e. The van der Waals surface area contributed by atoms with Crippen LogP contribution in [-0.2, 0) is 6.54 Å². The Hall–Kier alpha value is -4.72. The highest BCUT2D eigenvalue weighted by Crippen LogP contribution is 2.34. The predicted molar refractivity (Wildman–Crippen MR) is 149 cm³/mol. The van der Waals surface area contributed by atoms with E-state index in [0.29, 0.717) is 13.0 Å². The van der Waals surface area contributed by atoms with Crippen LogP contribution in [0.15, 0.2) is 89.9 Å². The van der Waals surface area contributed by atoms with Gasteiger partial charge in [0.1, 0.15) is 6.17 Å². The molecule has 0 aliphatic rings. The van der Waals surface area contributed by atoms with E-state index >= 15 is 0 Å². The third-order valence-electron chi connectivity index (χ3n) is 5.88. The SMILES string of the molecule is CCCC(F)c1ccc(-c2cccc3cc(-c4ccccc4CN=CNC(=O)O)ccc23)cc1.NC(=O)O. The van der Waals surface area contributed by atoms with Gasteiger partial charge in [0.2, 0.25) is 0 Å². The summed E-state index contributed by atoms with van der Waals surface area (Å²) in [7, 11) is 0. The van der Waals surface area contributed by atoms with Gasteiger partial charge in [-0.2, -0.15) is 0 Å². The average Bonchev–Trinajstić information content (AvgIpc) is 2.90. The fraction of sp³-hybridized carbons (Fsp3) is 0.167. The van der Waals surface area contributed by atoms with Crippen molar-refractivity contribution < 1.29 is 24.2 Å². The third kappa shape index (κ3) is 7.64. The van der Waals surface area contributed by atoms with Crippen molar-refractivity contribution in [3.05, 3.63) is 96.1 Å². The number of nitrogens with zero attached hydrogens (tertiary/aromatic N) is 1. The zero-order valence-electron chi connectivity index (χ0n) is 21.0. The Balaban J connectivity index is 0.000000934. The summed E-state index contributed by atoms with van der Waals surface area (Å²) >= 11 is 0. The minimum absolute atomic E-state index is 0.370. The topological polar surface area (TPSA) is 125 Å². The first-order valence-electron chi connectivity index (χ1n) is 12.1. The lowest BCUT2D eigenvalue weighted by Crippen LogP contribution is -2.18. The summed E-state index contributed by atoms with van der Waals surface area (Å²) in [6, 6.07) is 28.3. The zero-order chi connectivity index (χ0) is 27.5. The molecule has 0 aliphatic heterocycles. The van der Waals surface area contributed by atoms with Crippen molar-refractivity contribution in [3.63, 3.8) is 0 Å². The van der Waals surface area contributed by atoms with Gasteiger partial charge < -0.3 is 15.9 Å². The van der Waals surface area contributed by atoms with Crippen molar-refractivity contribution in [2.24, 2.45) is 10.7 Å². The summed E-state index contributed by atoms with van der Waals surface area (Å²) in [5, 5.41) is 20.3. The molecule has 0 bridgehead atoms. The number of amides is 2. The summed E-state index contributed by atoms with van der Waals surface area (Å²) in [5.41, 5.74) is 10.1. The third-order valence-corrected chi connectivity index (χ3v) is 5.88. The molecule has 4 aromatic rings. The van der Waals surface area contributed by atoms with Crippen LogP contribution in [0, 0.1) is 0 Å². The Morgan fingerprint density at radius 3 is 2.29 bits per heavy atom. The molecule has 196 valence electrons. The highest BCUT2D eigenvalue weighted by atomic mass is 19.1. The van der Waals surface area contributed by atoms with Crippen LogP contribution in [0.1, 0.15) is 37.1 Å². The van der Waals surface area contributed by atoms with Gasteiger partial charge in [0, 0.05) is 0 Å². The Bertz CT molecular complexity index is 1420. The molecule has 0 saturated heterocycles. The molecule has 1 atom stereocenters. The molecule has 0 aromatic heterocycles. The number of primary amides is 1. The largest absolute Gasteiger partial charge is 0.465 e. The molecule has 0 fully saturated rings. The van der Waals surface area contributed by atoms with E-state index in [2.05, 4.69) is 46.4 Å². The van der Waals surface area contributed by atoms with E-state index in [4.69, 9.17) is 15.0 Å². The van der Waals surface area contributed by atoms with Crippen molar-refractivity contribution >= 4 is 29.3 Å². The maximum absolute atomic E-state index is 14.3. The van der Waals surface area contributed by atoms with Gasteiger partial charge in [-0.05, 0) is 56.6 Å². The first kappa shape index (κ1) is 27.9. The van der Waals surface area contributed by atoms with Crippen molar-refractivity contribution in [1.29, 1.82) is 0 Å². The highest BCUT2D eigenvalue weighted by Gasteiger charge is 2.11. The van der Waals surface area contributed by atoms with E-state index < -0.39 is 18.4 Å². The molecule has 0 spiro atoms. The number of rotatable bonds is 8. The fourth-order valence-electron chi connectivity index (χ4n) is 4.18. The minimum Gasteiger partial charge on any atom is -0.465 e. The van der Waals surface area contributed by atoms with E-state index in [9.17, 15) is 9.18 Å². The standard InChI is InChI=1S/C29H27FN2O2.CH3NO2/c1-2-6-28(30)21-13-11-20(12-14-21)26-10-5-8-22-17-23(15-16-27(22)26)25-9-4-3-7-24(25)18-31-19-32-29(33)34;2-1(3)4/h3-5,7-17,19,28H,2,6,18H2,1H3,(H,31,32)(H,33,34);2H2,(H,3,4). The van der Waals surface area contributed by atoms with Gasteiger partial charge in [-0.15, -0.1) is 0 Å². The van der Waals surface area contributed by atoms with Crippen LogP contribution in [0.2, 0.25) is 0 Å². The summed E-state index contributed by atoms with van der Waals surface area (Å²) in [5.74, 6) is 0. The highest BCUT2D eigenvalue weighted by molar-refractivity contribution is 5.98. The number of nitrogens with two attached hydrogens (primary N) is 1. The van der Waals surface area contributed by atoms with Crippen molar-refractivity contribution in [2.75, 3.05) is 0 Å². The number of hydrogen-bond acceptors (Lipinski definition) is 3.